The summed E-state index contributed by atoms with van der Waals surface area (Å²) in [6.07, 6.45) is 7.27. The van der Waals surface area contributed by atoms with Crippen molar-refractivity contribution < 1.29 is 4.74 Å². The molecule has 18 heavy (non-hydrogen) atoms. The molecule has 2 heteroatoms. The van der Waals surface area contributed by atoms with Gasteiger partial charge < -0.3 is 10.5 Å². The summed E-state index contributed by atoms with van der Waals surface area (Å²) >= 11 is 0. The number of methoxy groups -OCH3 is 1. The minimum atomic E-state index is 0.216. The van der Waals surface area contributed by atoms with Crippen LogP contribution >= 0.6 is 0 Å². The second-order valence-corrected chi connectivity index (χ2v) is 6.07. The van der Waals surface area contributed by atoms with Crippen LogP contribution in [0.25, 0.3) is 0 Å². The third kappa shape index (κ3) is 2.19. The van der Waals surface area contributed by atoms with Crippen LogP contribution in [0.4, 0.5) is 0 Å². The monoisotopic (exact) mass is 245 g/mol. The van der Waals surface area contributed by atoms with Crippen molar-refractivity contribution in [2.45, 2.75) is 49.5 Å². The van der Waals surface area contributed by atoms with Crippen molar-refractivity contribution in [3.63, 3.8) is 0 Å². The summed E-state index contributed by atoms with van der Waals surface area (Å²) in [6.45, 7) is 0.791. The third-order valence-electron chi connectivity index (χ3n) is 4.92. The molecule has 0 radical (unpaired) electrons. The molecule has 1 aromatic rings. The van der Waals surface area contributed by atoms with E-state index in [0.29, 0.717) is 5.41 Å². The Hall–Kier alpha value is -0.860. The number of aryl methyl sites for hydroxylation is 1. The Morgan fingerprint density at radius 1 is 1.11 bits per heavy atom. The summed E-state index contributed by atoms with van der Waals surface area (Å²) in [7, 11) is 1.84. The van der Waals surface area contributed by atoms with E-state index in [2.05, 4.69) is 24.3 Å². The normalized spacial score (nSPS) is 22.8. The van der Waals surface area contributed by atoms with Gasteiger partial charge in [-0.15, -0.1) is 0 Å². The zero-order valence-electron chi connectivity index (χ0n) is 11.2. The van der Waals surface area contributed by atoms with E-state index in [1.807, 2.05) is 7.11 Å². The van der Waals surface area contributed by atoms with E-state index in [0.717, 1.165) is 19.4 Å². The van der Waals surface area contributed by atoms with Gasteiger partial charge in [-0.05, 0) is 49.7 Å². The summed E-state index contributed by atoms with van der Waals surface area (Å²) < 4.78 is 5.56. The molecule has 2 aliphatic carbocycles. The van der Waals surface area contributed by atoms with E-state index in [-0.39, 0.29) is 5.60 Å². The molecule has 0 unspecified atom stereocenters. The maximum absolute atomic E-state index is 5.86. The van der Waals surface area contributed by atoms with Crippen molar-refractivity contribution in [2.24, 2.45) is 5.73 Å². The van der Waals surface area contributed by atoms with Gasteiger partial charge in [-0.3, -0.25) is 0 Å². The van der Waals surface area contributed by atoms with Crippen LogP contribution in [0.15, 0.2) is 24.3 Å². The fourth-order valence-corrected chi connectivity index (χ4v) is 2.85. The van der Waals surface area contributed by atoms with E-state index >= 15 is 0 Å². The lowest BCUT2D eigenvalue weighted by atomic mass is 9.94. The van der Waals surface area contributed by atoms with Crippen LogP contribution in [-0.2, 0) is 16.6 Å². The van der Waals surface area contributed by atoms with Gasteiger partial charge in [0.15, 0.2) is 0 Å². The number of ether oxygens (including phenoxy) is 1. The second kappa shape index (κ2) is 4.36. The molecule has 2 nitrogen and oxygen atoms in total. The van der Waals surface area contributed by atoms with Crippen molar-refractivity contribution in [3.05, 3.63) is 35.4 Å². The van der Waals surface area contributed by atoms with Gasteiger partial charge in [0.2, 0.25) is 0 Å². The van der Waals surface area contributed by atoms with E-state index in [4.69, 9.17) is 10.5 Å². The quantitative estimate of drug-likeness (QED) is 0.836. The predicted octanol–water partition coefficient (Wildman–Crippen LogP) is 2.79. The Kier molecular flexibility index (Phi) is 2.95. The van der Waals surface area contributed by atoms with Crippen LogP contribution in [0, 0.1) is 0 Å². The van der Waals surface area contributed by atoms with Crippen LogP contribution in [-0.4, -0.2) is 19.3 Å². The SMILES string of the molecule is COC1(CCc2ccc(C3(CN)CC3)cc2)CC1. The van der Waals surface area contributed by atoms with E-state index < -0.39 is 0 Å². The topological polar surface area (TPSA) is 35.2 Å². The maximum atomic E-state index is 5.86. The molecule has 0 aliphatic heterocycles. The van der Waals surface area contributed by atoms with Crippen molar-refractivity contribution in [1.82, 2.24) is 0 Å². The molecule has 0 spiro atoms. The van der Waals surface area contributed by atoms with Gasteiger partial charge >= 0.3 is 0 Å². The molecule has 2 saturated carbocycles. The number of benzene rings is 1. The van der Waals surface area contributed by atoms with Gasteiger partial charge in [0.05, 0.1) is 5.60 Å². The number of hydrogen-bond acceptors (Lipinski definition) is 2. The number of nitrogens with two attached hydrogens (primary N) is 1. The van der Waals surface area contributed by atoms with E-state index in [9.17, 15) is 0 Å². The van der Waals surface area contributed by atoms with Gasteiger partial charge in [0, 0.05) is 19.1 Å². The van der Waals surface area contributed by atoms with Gasteiger partial charge in [-0.1, -0.05) is 24.3 Å². The van der Waals surface area contributed by atoms with Crippen LogP contribution in [0.5, 0.6) is 0 Å². The lowest BCUT2D eigenvalue weighted by Crippen LogP contribution is -2.19. The van der Waals surface area contributed by atoms with Crippen molar-refractivity contribution in [2.75, 3.05) is 13.7 Å². The van der Waals surface area contributed by atoms with Crippen LogP contribution < -0.4 is 5.73 Å². The first-order valence-electron chi connectivity index (χ1n) is 7.07. The van der Waals surface area contributed by atoms with Crippen LogP contribution in [0.1, 0.15) is 43.2 Å². The highest BCUT2D eigenvalue weighted by atomic mass is 16.5. The molecule has 98 valence electrons. The molecule has 2 aliphatic rings. The minimum absolute atomic E-state index is 0.216. The predicted molar refractivity (Wildman–Crippen MR) is 73.7 cm³/mol. The first-order chi connectivity index (χ1) is 8.72. The molecule has 1 aromatic carbocycles. The molecule has 0 heterocycles. The standard InChI is InChI=1S/C16H23NO/c1-18-16(10-11-16)7-6-13-2-4-14(5-3-13)15(12-17)8-9-15/h2-5H,6-12,17H2,1H3. The summed E-state index contributed by atoms with van der Waals surface area (Å²) in [5.41, 5.74) is 9.26. The number of hydrogen-bond donors (Lipinski definition) is 1. The minimum Gasteiger partial charge on any atom is -0.378 e. The average Bonchev–Trinajstić information content (AvgIpc) is 3.32. The van der Waals surface area contributed by atoms with E-state index in [1.54, 1.807) is 0 Å². The molecule has 0 atom stereocenters. The van der Waals surface area contributed by atoms with Crippen molar-refractivity contribution >= 4 is 0 Å². The highest BCUT2D eigenvalue weighted by Crippen LogP contribution is 2.47. The first kappa shape index (κ1) is 12.2. The highest BCUT2D eigenvalue weighted by molar-refractivity contribution is 5.34. The Bertz CT molecular complexity index is 415. The molecule has 2 fully saturated rings. The third-order valence-corrected chi connectivity index (χ3v) is 4.92. The van der Waals surface area contributed by atoms with Gasteiger partial charge in [-0.25, -0.2) is 0 Å². The lowest BCUT2D eigenvalue weighted by molar-refractivity contribution is 0.0731. The Morgan fingerprint density at radius 2 is 1.78 bits per heavy atom. The Labute approximate surface area is 110 Å². The summed E-state index contributed by atoms with van der Waals surface area (Å²) in [5, 5.41) is 0. The molecule has 3 rings (SSSR count). The fraction of sp³-hybridized carbons (Fsp3) is 0.625. The zero-order valence-corrected chi connectivity index (χ0v) is 11.2. The molecular formula is C16H23NO. The molecular weight excluding hydrogens is 222 g/mol. The largest absolute Gasteiger partial charge is 0.378 e. The van der Waals surface area contributed by atoms with Crippen LogP contribution in [0.3, 0.4) is 0 Å². The highest BCUT2D eigenvalue weighted by Gasteiger charge is 2.43. The van der Waals surface area contributed by atoms with Crippen molar-refractivity contribution in [1.29, 1.82) is 0 Å². The zero-order chi connectivity index (χ0) is 12.6. The summed E-state index contributed by atoms with van der Waals surface area (Å²) in [4.78, 5) is 0. The van der Waals surface area contributed by atoms with Gasteiger partial charge in [0.25, 0.3) is 0 Å². The summed E-state index contributed by atoms with van der Waals surface area (Å²) in [5.74, 6) is 0. The second-order valence-electron chi connectivity index (χ2n) is 6.07. The molecule has 2 N–H and O–H groups in total. The fourth-order valence-electron chi connectivity index (χ4n) is 2.85. The Morgan fingerprint density at radius 3 is 2.22 bits per heavy atom. The van der Waals surface area contributed by atoms with Gasteiger partial charge in [0.1, 0.15) is 0 Å². The van der Waals surface area contributed by atoms with Gasteiger partial charge in [-0.2, -0.15) is 0 Å². The molecule has 0 saturated heterocycles. The molecule has 0 bridgehead atoms. The summed E-state index contributed by atoms with van der Waals surface area (Å²) in [6, 6.07) is 9.11. The first-order valence-corrected chi connectivity index (χ1v) is 7.07. The average molecular weight is 245 g/mol. The maximum Gasteiger partial charge on any atom is 0.0684 e. The lowest BCUT2D eigenvalue weighted by Gasteiger charge is -2.15. The number of rotatable bonds is 6. The van der Waals surface area contributed by atoms with E-state index in [1.165, 1.54) is 36.8 Å². The van der Waals surface area contributed by atoms with Crippen LogP contribution in [0.2, 0.25) is 0 Å². The Balaban J connectivity index is 1.61. The smallest absolute Gasteiger partial charge is 0.0684 e. The molecule has 0 amide bonds. The van der Waals surface area contributed by atoms with Crippen molar-refractivity contribution in [3.8, 4) is 0 Å². The molecule has 0 aromatic heterocycles.